The smallest absolute Gasteiger partial charge is 0.193 e. The van der Waals surface area contributed by atoms with Crippen molar-refractivity contribution in [1.82, 2.24) is 10.2 Å². The summed E-state index contributed by atoms with van der Waals surface area (Å²) in [4.78, 5) is 7.16. The van der Waals surface area contributed by atoms with Gasteiger partial charge < -0.3 is 15.0 Å². The maximum atomic E-state index is 5.36. The zero-order valence-electron chi connectivity index (χ0n) is 14.2. The van der Waals surface area contributed by atoms with Crippen LogP contribution in [-0.2, 0) is 4.74 Å². The Balaban J connectivity index is 0.00000400. The number of rotatable bonds is 8. The largest absolute Gasteiger partial charge is 0.382 e. The monoisotopic (exact) mass is 411 g/mol. The van der Waals surface area contributed by atoms with Crippen molar-refractivity contribution in [1.29, 1.82) is 0 Å². The van der Waals surface area contributed by atoms with Crippen molar-refractivity contribution in [3.63, 3.8) is 0 Å². The van der Waals surface area contributed by atoms with Crippen LogP contribution in [0.4, 0.5) is 0 Å². The minimum absolute atomic E-state index is 0. The molecule has 126 valence electrons. The first-order valence-corrected chi connectivity index (χ1v) is 8.28. The Labute approximate surface area is 148 Å². The second-order valence-electron chi connectivity index (χ2n) is 6.02. The van der Waals surface area contributed by atoms with E-state index in [2.05, 4.69) is 31.0 Å². The second kappa shape index (κ2) is 12.5. The van der Waals surface area contributed by atoms with E-state index in [-0.39, 0.29) is 24.0 Å². The molecular weight excluding hydrogens is 377 g/mol. The molecule has 0 spiro atoms. The third kappa shape index (κ3) is 8.86. The first kappa shape index (κ1) is 21.0. The third-order valence-electron chi connectivity index (χ3n) is 3.64. The lowest BCUT2D eigenvalue weighted by atomic mass is 9.97. The van der Waals surface area contributed by atoms with Crippen LogP contribution in [0.1, 0.15) is 47.0 Å². The summed E-state index contributed by atoms with van der Waals surface area (Å²) in [6, 6.07) is 0. The van der Waals surface area contributed by atoms with Gasteiger partial charge in [-0.3, -0.25) is 4.99 Å². The van der Waals surface area contributed by atoms with E-state index in [0.29, 0.717) is 0 Å². The van der Waals surface area contributed by atoms with Crippen LogP contribution in [0.3, 0.4) is 0 Å². The molecule has 0 aromatic rings. The molecule has 4 nitrogen and oxygen atoms in total. The van der Waals surface area contributed by atoms with Gasteiger partial charge in [-0.1, -0.05) is 13.8 Å². The zero-order valence-corrected chi connectivity index (χ0v) is 16.6. The number of halogens is 1. The molecule has 1 atom stereocenters. The Bertz CT molecular complexity index is 285. The van der Waals surface area contributed by atoms with Crippen LogP contribution < -0.4 is 5.32 Å². The molecule has 21 heavy (non-hydrogen) atoms. The fourth-order valence-corrected chi connectivity index (χ4v) is 2.81. The summed E-state index contributed by atoms with van der Waals surface area (Å²) in [7, 11) is 0. The summed E-state index contributed by atoms with van der Waals surface area (Å²) in [6.45, 7) is 14.5. The van der Waals surface area contributed by atoms with E-state index in [1.165, 1.54) is 12.8 Å². The third-order valence-corrected chi connectivity index (χ3v) is 3.64. The van der Waals surface area contributed by atoms with E-state index in [1.807, 2.05) is 6.92 Å². The molecule has 0 saturated carbocycles. The van der Waals surface area contributed by atoms with Gasteiger partial charge >= 0.3 is 0 Å². The Morgan fingerprint density at radius 3 is 2.76 bits per heavy atom. The van der Waals surface area contributed by atoms with Gasteiger partial charge in [0.15, 0.2) is 5.96 Å². The van der Waals surface area contributed by atoms with Crippen LogP contribution >= 0.6 is 24.0 Å². The van der Waals surface area contributed by atoms with Gasteiger partial charge in [-0.15, -0.1) is 24.0 Å². The summed E-state index contributed by atoms with van der Waals surface area (Å²) >= 11 is 0. The summed E-state index contributed by atoms with van der Waals surface area (Å²) in [5, 5.41) is 3.42. The van der Waals surface area contributed by atoms with E-state index in [0.717, 1.165) is 63.6 Å². The highest BCUT2D eigenvalue weighted by Gasteiger charge is 2.25. The lowest BCUT2D eigenvalue weighted by Gasteiger charge is -2.22. The van der Waals surface area contributed by atoms with Crippen LogP contribution in [0.5, 0.6) is 0 Å². The maximum Gasteiger partial charge on any atom is 0.193 e. The molecule has 0 amide bonds. The van der Waals surface area contributed by atoms with Crippen molar-refractivity contribution < 1.29 is 4.74 Å². The number of ether oxygens (including phenoxy) is 1. The first-order chi connectivity index (χ1) is 9.67. The Kier molecular flexibility index (Phi) is 12.5. The highest BCUT2D eigenvalue weighted by Crippen LogP contribution is 2.23. The molecule has 1 fully saturated rings. The molecule has 1 aliphatic heterocycles. The fourth-order valence-electron chi connectivity index (χ4n) is 2.81. The van der Waals surface area contributed by atoms with Crippen molar-refractivity contribution in [2.75, 3.05) is 39.4 Å². The van der Waals surface area contributed by atoms with Gasteiger partial charge in [0.2, 0.25) is 0 Å². The molecule has 0 radical (unpaired) electrons. The predicted octanol–water partition coefficient (Wildman–Crippen LogP) is 3.36. The Hall–Kier alpha value is -0.0400. The molecule has 0 aromatic carbocycles. The van der Waals surface area contributed by atoms with E-state index in [4.69, 9.17) is 9.73 Å². The quantitative estimate of drug-likeness (QED) is 0.288. The average molecular weight is 411 g/mol. The lowest BCUT2D eigenvalue weighted by Crippen LogP contribution is -2.40. The molecule has 1 unspecified atom stereocenters. The van der Waals surface area contributed by atoms with Gasteiger partial charge in [0.05, 0.1) is 0 Å². The first-order valence-electron chi connectivity index (χ1n) is 8.28. The van der Waals surface area contributed by atoms with Crippen molar-refractivity contribution in [3.05, 3.63) is 0 Å². The highest BCUT2D eigenvalue weighted by molar-refractivity contribution is 14.0. The van der Waals surface area contributed by atoms with Crippen LogP contribution in [-0.4, -0.2) is 50.3 Å². The van der Waals surface area contributed by atoms with Crippen molar-refractivity contribution in [2.24, 2.45) is 16.8 Å². The molecule has 1 heterocycles. The summed E-state index contributed by atoms with van der Waals surface area (Å²) in [5.74, 6) is 2.73. The van der Waals surface area contributed by atoms with Crippen LogP contribution in [0, 0.1) is 11.8 Å². The zero-order chi connectivity index (χ0) is 14.8. The summed E-state index contributed by atoms with van der Waals surface area (Å²) < 4.78 is 5.36. The van der Waals surface area contributed by atoms with E-state index in [1.54, 1.807) is 0 Å². The number of hydrogen-bond acceptors (Lipinski definition) is 2. The van der Waals surface area contributed by atoms with E-state index in [9.17, 15) is 0 Å². The molecule has 5 heteroatoms. The second-order valence-corrected chi connectivity index (χ2v) is 6.02. The number of likely N-dealkylation sites (tertiary alicyclic amines) is 1. The Morgan fingerprint density at radius 1 is 1.38 bits per heavy atom. The average Bonchev–Trinajstić information content (AvgIpc) is 2.84. The molecule has 1 N–H and O–H groups in total. The van der Waals surface area contributed by atoms with Crippen LogP contribution in [0.2, 0.25) is 0 Å². The van der Waals surface area contributed by atoms with Gasteiger partial charge in [-0.05, 0) is 44.9 Å². The van der Waals surface area contributed by atoms with Crippen molar-refractivity contribution >= 4 is 29.9 Å². The van der Waals surface area contributed by atoms with Crippen LogP contribution in [0.15, 0.2) is 4.99 Å². The predicted molar refractivity (Wildman–Crippen MR) is 102 cm³/mol. The molecule has 0 aliphatic carbocycles. The molecule has 1 rings (SSSR count). The number of hydrogen-bond donors (Lipinski definition) is 1. The minimum Gasteiger partial charge on any atom is -0.382 e. The Morgan fingerprint density at radius 2 is 2.14 bits per heavy atom. The summed E-state index contributed by atoms with van der Waals surface area (Å²) in [6.07, 6.45) is 3.65. The van der Waals surface area contributed by atoms with Gasteiger partial charge in [-0.25, -0.2) is 0 Å². The molecule has 0 bridgehead atoms. The fraction of sp³-hybridized carbons (Fsp3) is 0.938. The number of aliphatic imine (C=N–C) groups is 1. The topological polar surface area (TPSA) is 36.9 Å². The lowest BCUT2D eigenvalue weighted by molar-refractivity contribution is 0.146. The minimum atomic E-state index is 0. The SMILES string of the molecule is CCNC(=NCCCOCC)N1CCC(CC(C)C)C1.I. The number of nitrogens with zero attached hydrogens (tertiary/aromatic N) is 2. The number of nitrogens with one attached hydrogen (secondary N) is 1. The highest BCUT2D eigenvalue weighted by atomic mass is 127. The molecule has 0 aromatic heterocycles. The standard InChI is InChI=1S/C16H33N3O.HI/c1-5-17-16(18-9-7-11-20-6-2)19-10-8-15(13-19)12-14(3)4;/h14-15H,5-13H2,1-4H3,(H,17,18);1H. The van der Waals surface area contributed by atoms with Gasteiger partial charge in [0.25, 0.3) is 0 Å². The van der Waals surface area contributed by atoms with Crippen molar-refractivity contribution in [3.8, 4) is 0 Å². The van der Waals surface area contributed by atoms with Crippen LogP contribution in [0.25, 0.3) is 0 Å². The normalized spacial score (nSPS) is 19.0. The van der Waals surface area contributed by atoms with Gasteiger partial charge in [-0.2, -0.15) is 0 Å². The maximum absolute atomic E-state index is 5.36. The summed E-state index contributed by atoms with van der Waals surface area (Å²) in [5.41, 5.74) is 0. The number of guanidine groups is 1. The van der Waals surface area contributed by atoms with E-state index >= 15 is 0 Å². The molecule has 1 saturated heterocycles. The molecule has 1 aliphatic rings. The van der Waals surface area contributed by atoms with Crippen molar-refractivity contribution in [2.45, 2.75) is 47.0 Å². The van der Waals surface area contributed by atoms with Gasteiger partial charge in [0, 0.05) is 39.4 Å². The molecular formula is C16H34IN3O. The van der Waals surface area contributed by atoms with Gasteiger partial charge in [0.1, 0.15) is 0 Å². The van der Waals surface area contributed by atoms with E-state index < -0.39 is 0 Å².